The lowest BCUT2D eigenvalue weighted by Crippen LogP contribution is -2.37. The monoisotopic (exact) mass is 222 g/mol. The van der Waals surface area contributed by atoms with Crippen LogP contribution in [0.5, 0.6) is 0 Å². The average molecular weight is 222 g/mol. The van der Waals surface area contributed by atoms with Gasteiger partial charge in [0.15, 0.2) is 0 Å². The largest absolute Gasteiger partial charge is 0.393 e. The molecule has 1 aliphatic heterocycles. The van der Waals surface area contributed by atoms with E-state index in [4.69, 9.17) is 0 Å². The van der Waals surface area contributed by atoms with Crippen molar-refractivity contribution >= 4 is 6.21 Å². The maximum atomic E-state index is 9.42. The van der Waals surface area contributed by atoms with Crippen LogP contribution >= 0.6 is 0 Å². The molecule has 0 saturated carbocycles. The fraction of sp³-hybridized carbons (Fsp3) is 0.615. The van der Waals surface area contributed by atoms with Crippen molar-refractivity contribution in [3.63, 3.8) is 0 Å². The minimum Gasteiger partial charge on any atom is -0.393 e. The van der Waals surface area contributed by atoms with Crippen LogP contribution in [0.1, 0.15) is 26.7 Å². The Morgan fingerprint density at radius 2 is 2.12 bits per heavy atom. The molecule has 1 saturated heterocycles. The lowest BCUT2D eigenvalue weighted by Gasteiger charge is -2.29. The van der Waals surface area contributed by atoms with Crippen LogP contribution in [0.2, 0.25) is 0 Å². The number of hydrogen-bond donors (Lipinski definition) is 1. The number of aliphatic hydroxyl groups is 1. The number of piperidine rings is 1. The Bertz CT molecular complexity index is 286. The van der Waals surface area contributed by atoms with Gasteiger partial charge in [-0.05, 0) is 32.3 Å². The quantitative estimate of drug-likeness (QED) is 0.738. The maximum absolute atomic E-state index is 9.42. The molecule has 0 aliphatic carbocycles. The zero-order valence-electron chi connectivity index (χ0n) is 10.3. The number of rotatable bonds is 4. The average Bonchev–Trinajstić information content (AvgIpc) is 2.26. The van der Waals surface area contributed by atoms with Crippen molar-refractivity contribution in [1.82, 2.24) is 4.90 Å². The van der Waals surface area contributed by atoms with Crippen molar-refractivity contribution in [2.45, 2.75) is 32.8 Å². The first kappa shape index (κ1) is 13.1. The molecule has 0 bridgehead atoms. The van der Waals surface area contributed by atoms with Gasteiger partial charge in [0, 0.05) is 31.5 Å². The Balaban J connectivity index is 2.42. The van der Waals surface area contributed by atoms with Crippen LogP contribution in [0.3, 0.4) is 0 Å². The third kappa shape index (κ3) is 4.73. The third-order valence-corrected chi connectivity index (χ3v) is 2.78. The van der Waals surface area contributed by atoms with E-state index < -0.39 is 0 Å². The summed E-state index contributed by atoms with van der Waals surface area (Å²) in [6, 6.07) is 0. The molecule has 0 aromatic rings. The molecule has 0 aromatic heterocycles. The summed E-state index contributed by atoms with van der Waals surface area (Å²) in [6.07, 6.45) is 5.63. The van der Waals surface area contributed by atoms with Crippen molar-refractivity contribution in [3.8, 4) is 0 Å². The third-order valence-electron chi connectivity index (χ3n) is 2.78. The van der Waals surface area contributed by atoms with Crippen LogP contribution in [0.15, 0.2) is 28.9 Å². The molecule has 0 radical (unpaired) electrons. The lowest BCUT2D eigenvalue weighted by atomic mass is 10.1. The van der Waals surface area contributed by atoms with Gasteiger partial charge in [0.05, 0.1) is 6.10 Å². The number of likely N-dealkylation sites (tertiary alicyclic amines) is 1. The highest BCUT2D eigenvalue weighted by Crippen LogP contribution is 2.11. The van der Waals surface area contributed by atoms with E-state index in [9.17, 15) is 5.11 Å². The summed E-state index contributed by atoms with van der Waals surface area (Å²) >= 11 is 0. The standard InChI is InChI=1S/C13H22N2O/c1-4-12(9-14-11(2)3)10-15-7-5-13(16)6-8-15/h4,9,13,16H,2,5-8,10H2,1,3H3/b12-4+,14-9-. The topological polar surface area (TPSA) is 35.8 Å². The van der Waals surface area contributed by atoms with Gasteiger partial charge in [-0.15, -0.1) is 0 Å². The second-order valence-corrected chi connectivity index (χ2v) is 4.36. The van der Waals surface area contributed by atoms with Crippen molar-refractivity contribution in [2.24, 2.45) is 4.99 Å². The van der Waals surface area contributed by atoms with Gasteiger partial charge in [-0.2, -0.15) is 0 Å². The summed E-state index contributed by atoms with van der Waals surface area (Å²) in [6.45, 7) is 10.5. The van der Waals surface area contributed by atoms with E-state index in [1.165, 1.54) is 5.57 Å². The highest BCUT2D eigenvalue weighted by molar-refractivity contribution is 5.79. The summed E-state index contributed by atoms with van der Waals surface area (Å²) in [7, 11) is 0. The first-order chi connectivity index (χ1) is 7.61. The summed E-state index contributed by atoms with van der Waals surface area (Å²) in [4.78, 5) is 6.57. The van der Waals surface area contributed by atoms with Crippen LogP contribution in [-0.2, 0) is 0 Å². The minimum atomic E-state index is -0.102. The maximum Gasteiger partial charge on any atom is 0.0564 e. The molecule has 1 aliphatic rings. The highest BCUT2D eigenvalue weighted by Gasteiger charge is 2.16. The summed E-state index contributed by atoms with van der Waals surface area (Å²) in [5, 5.41) is 9.42. The Morgan fingerprint density at radius 1 is 1.50 bits per heavy atom. The van der Waals surface area contributed by atoms with E-state index in [1.54, 1.807) is 0 Å². The molecule has 1 heterocycles. The number of aliphatic imine (C=N–C) groups is 1. The molecule has 16 heavy (non-hydrogen) atoms. The second-order valence-electron chi connectivity index (χ2n) is 4.36. The Kier molecular flexibility index (Phi) is 5.43. The molecule has 1 fully saturated rings. The van der Waals surface area contributed by atoms with Gasteiger partial charge in [-0.3, -0.25) is 9.89 Å². The van der Waals surface area contributed by atoms with Crippen LogP contribution in [0.25, 0.3) is 0 Å². The van der Waals surface area contributed by atoms with Gasteiger partial charge < -0.3 is 5.11 Å². The molecule has 0 amide bonds. The molecule has 0 atom stereocenters. The van der Waals surface area contributed by atoms with Crippen LogP contribution in [0.4, 0.5) is 0 Å². The predicted molar refractivity (Wildman–Crippen MR) is 68.7 cm³/mol. The van der Waals surface area contributed by atoms with Gasteiger partial charge in [0.1, 0.15) is 0 Å². The van der Waals surface area contributed by atoms with Crippen molar-refractivity contribution in [3.05, 3.63) is 23.9 Å². The van der Waals surface area contributed by atoms with E-state index in [0.29, 0.717) is 0 Å². The van der Waals surface area contributed by atoms with Crippen LogP contribution in [-0.4, -0.2) is 42.0 Å². The summed E-state index contributed by atoms with van der Waals surface area (Å²) < 4.78 is 0. The van der Waals surface area contributed by atoms with Crippen LogP contribution < -0.4 is 0 Å². The van der Waals surface area contributed by atoms with E-state index in [2.05, 4.69) is 22.5 Å². The fourth-order valence-corrected chi connectivity index (χ4v) is 1.74. The van der Waals surface area contributed by atoms with Crippen molar-refractivity contribution in [2.75, 3.05) is 19.6 Å². The molecule has 3 nitrogen and oxygen atoms in total. The zero-order valence-corrected chi connectivity index (χ0v) is 10.3. The first-order valence-corrected chi connectivity index (χ1v) is 5.87. The van der Waals surface area contributed by atoms with E-state index in [0.717, 1.165) is 38.2 Å². The zero-order chi connectivity index (χ0) is 12.0. The molecule has 0 spiro atoms. The SMILES string of the molecule is C=C(C)/N=C\C(=C/C)CN1CCC(O)CC1. The molecule has 0 aromatic carbocycles. The van der Waals surface area contributed by atoms with Gasteiger partial charge in [-0.1, -0.05) is 12.7 Å². The van der Waals surface area contributed by atoms with Gasteiger partial charge in [0.2, 0.25) is 0 Å². The summed E-state index contributed by atoms with van der Waals surface area (Å²) in [5.74, 6) is 0. The molecule has 3 heteroatoms. The van der Waals surface area contributed by atoms with Crippen molar-refractivity contribution < 1.29 is 5.11 Å². The normalized spacial score (nSPS) is 20.6. The number of allylic oxidation sites excluding steroid dienone is 2. The Hall–Kier alpha value is -0.930. The van der Waals surface area contributed by atoms with E-state index in [1.807, 2.05) is 20.1 Å². The molecule has 90 valence electrons. The second kappa shape index (κ2) is 6.61. The number of nitrogens with zero attached hydrogens (tertiary/aromatic N) is 2. The smallest absolute Gasteiger partial charge is 0.0564 e. The highest BCUT2D eigenvalue weighted by atomic mass is 16.3. The van der Waals surface area contributed by atoms with Crippen molar-refractivity contribution in [1.29, 1.82) is 0 Å². The first-order valence-electron chi connectivity index (χ1n) is 5.87. The lowest BCUT2D eigenvalue weighted by molar-refractivity contribution is 0.0875. The Morgan fingerprint density at radius 3 is 2.62 bits per heavy atom. The molecular formula is C13H22N2O. The van der Waals surface area contributed by atoms with E-state index >= 15 is 0 Å². The molecular weight excluding hydrogens is 200 g/mol. The predicted octanol–water partition coefficient (Wildman–Crippen LogP) is 1.99. The summed E-state index contributed by atoms with van der Waals surface area (Å²) in [5.41, 5.74) is 2.04. The van der Waals surface area contributed by atoms with Gasteiger partial charge in [-0.25, -0.2) is 0 Å². The molecule has 1 rings (SSSR count). The number of hydrogen-bond acceptors (Lipinski definition) is 3. The molecule has 0 unspecified atom stereocenters. The minimum absolute atomic E-state index is 0.102. The van der Waals surface area contributed by atoms with Gasteiger partial charge in [0.25, 0.3) is 0 Å². The van der Waals surface area contributed by atoms with Crippen LogP contribution in [0, 0.1) is 0 Å². The number of aliphatic hydroxyl groups excluding tert-OH is 1. The fourth-order valence-electron chi connectivity index (χ4n) is 1.74. The van der Waals surface area contributed by atoms with E-state index in [-0.39, 0.29) is 6.10 Å². The Labute approximate surface area is 98.2 Å². The molecule has 1 N–H and O–H groups in total. The van der Waals surface area contributed by atoms with Gasteiger partial charge >= 0.3 is 0 Å².